The number of halogens is 1. The Morgan fingerprint density at radius 3 is 2.67 bits per heavy atom. The van der Waals surface area contributed by atoms with Gasteiger partial charge in [-0.2, -0.15) is 4.39 Å². The molecule has 1 aromatic carbocycles. The van der Waals surface area contributed by atoms with Crippen molar-refractivity contribution in [3.05, 3.63) is 82.8 Å². The molecule has 0 saturated carbocycles. The van der Waals surface area contributed by atoms with Crippen LogP contribution in [-0.4, -0.2) is 25.4 Å². The van der Waals surface area contributed by atoms with Crippen molar-refractivity contribution in [1.82, 2.24) is 24.8 Å². The number of pyridine rings is 1. The molecule has 33 heavy (non-hydrogen) atoms. The molecule has 0 aliphatic rings. The van der Waals surface area contributed by atoms with Crippen molar-refractivity contribution in [1.29, 1.82) is 0 Å². The van der Waals surface area contributed by atoms with Crippen molar-refractivity contribution in [3.8, 4) is 11.8 Å². The normalized spacial score (nSPS) is 10.8. The van der Waals surface area contributed by atoms with Crippen LogP contribution in [0.5, 0.6) is 0 Å². The van der Waals surface area contributed by atoms with Crippen molar-refractivity contribution >= 4 is 22.8 Å². The van der Waals surface area contributed by atoms with Crippen LogP contribution in [-0.2, 0) is 6.54 Å². The molecule has 0 saturated heterocycles. The molecule has 0 atom stereocenters. The van der Waals surface area contributed by atoms with E-state index < -0.39 is 5.95 Å². The third kappa shape index (κ3) is 4.67. The topological polar surface area (TPSA) is 98.7 Å². The lowest BCUT2D eigenvalue weighted by Crippen LogP contribution is -2.23. The first-order valence-electron chi connectivity index (χ1n) is 10.5. The minimum Gasteiger partial charge on any atom is -0.383 e. The van der Waals surface area contributed by atoms with Gasteiger partial charge in [-0.05, 0) is 50.1 Å². The van der Waals surface area contributed by atoms with E-state index in [9.17, 15) is 9.18 Å². The Kier molecular flexibility index (Phi) is 6.05. The molecular weight excluding hydrogens is 419 g/mol. The summed E-state index contributed by atoms with van der Waals surface area (Å²) in [5.41, 5.74) is 10.4. The summed E-state index contributed by atoms with van der Waals surface area (Å²) < 4.78 is 15.0. The van der Waals surface area contributed by atoms with Gasteiger partial charge in [-0.15, -0.1) is 0 Å². The van der Waals surface area contributed by atoms with Crippen LogP contribution >= 0.6 is 0 Å². The Bertz CT molecular complexity index is 1400. The van der Waals surface area contributed by atoms with Crippen molar-refractivity contribution in [2.45, 2.75) is 33.4 Å². The van der Waals surface area contributed by atoms with Crippen LogP contribution in [0.15, 0.2) is 49.1 Å². The summed E-state index contributed by atoms with van der Waals surface area (Å²) in [6.07, 6.45) is 4.77. The van der Waals surface area contributed by atoms with Crippen LogP contribution < -0.4 is 11.1 Å². The number of nitrogens with one attached hydrogen (secondary N) is 1. The number of nitrogen functional groups attached to an aromatic ring is 1. The van der Waals surface area contributed by atoms with E-state index >= 15 is 0 Å². The van der Waals surface area contributed by atoms with E-state index in [0.29, 0.717) is 16.9 Å². The van der Waals surface area contributed by atoms with Gasteiger partial charge in [0.1, 0.15) is 17.8 Å². The molecular formula is C25H23FN6O. The first-order valence-corrected chi connectivity index (χ1v) is 10.5. The molecule has 7 nitrogen and oxygen atoms in total. The highest BCUT2D eigenvalue weighted by molar-refractivity contribution is 5.95. The van der Waals surface area contributed by atoms with Crippen molar-refractivity contribution in [3.63, 3.8) is 0 Å². The quantitative estimate of drug-likeness (QED) is 0.370. The SMILES string of the molecule is Cc1ccc(C(=O)NCc2ccc(F)nc2)cc1C#Cc1cn(C(C)C)c2ncnc(N)c12. The smallest absolute Gasteiger partial charge is 0.251 e. The van der Waals surface area contributed by atoms with Crippen LogP contribution in [0.1, 0.15) is 52.5 Å². The number of nitrogens with zero attached hydrogens (tertiary/aromatic N) is 4. The van der Waals surface area contributed by atoms with Crippen LogP contribution in [0, 0.1) is 24.7 Å². The van der Waals surface area contributed by atoms with Crippen LogP contribution in [0.4, 0.5) is 10.2 Å². The second-order valence-corrected chi connectivity index (χ2v) is 7.95. The number of amides is 1. The van der Waals surface area contributed by atoms with Gasteiger partial charge in [0.25, 0.3) is 5.91 Å². The summed E-state index contributed by atoms with van der Waals surface area (Å²) in [6, 6.07) is 8.37. The third-order valence-corrected chi connectivity index (χ3v) is 5.27. The summed E-state index contributed by atoms with van der Waals surface area (Å²) in [7, 11) is 0. The lowest BCUT2D eigenvalue weighted by atomic mass is 10.0. The van der Waals surface area contributed by atoms with Crippen molar-refractivity contribution in [2.24, 2.45) is 0 Å². The number of hydrogen-bond acceptors (Lipinski definition) is 5. The lowest BCUT2D eigenvalue weighted by Gasteiger charge is -2.07. The third-order valence-electron chi connectivity index (χ3n) is 5.27. The number of carbonyl (C=O) groups excluding carboxylic acids is 1. The summed E-state index contributed by atoms with van der Waals surface area (Å²) in [5, 5.41) is 3.54. The molecule has 4 rings (SSSR count). The number of hydrogen-bond donors (Lipinski definition) is 2. The molecule has 0 bridgehead atoms. The lowest BCUT2D eigenvalue weighted by molar-refractivity contribution is 0.0951. The first-order chi connectivity index (χ1) is 15.8. The maximum absolute atomic E-state index is 13.0. The monoisotopic (exact) mass is 442 g/mol. The molecule has 3 N–H and O–H groups in total. The van der Waals surface area contributed by atoms with Gasteiger partial charge in [-0.3, -0.25) is 4.79 Å². The number of nitrogens with two attached hydrogens (primary N) is 1. The predicted octanol–water partition coefficient (Wildman–Crippen LogP) is 3.77. The zero-order chi connectivity index (χ0) is 23.5. The number of aryl methyl sites for hydroxylation is 1. The Hall–Kier alpha value is -4.25. The fourth-order valence-corrected chi connectivity index (χ4v) is 3.42. The molecule has 0 radical (unpaired) electrons. The van der Waals surface area contributed by atoms with E-state index in [1.807, 2.05) is 23.8 Å². The minimum atomic E-state index is -0.559. The second kappa shape index (κ2) is 9.09. The first kappa shape index (κ1) is 22.0. The van der Waals surface area contributed by atoms with Crippen LogP contribution in [0.3, 0.4) is 0 Å². The second-order valence-electron chi connectivity index (χ2n) is 7.95. The van der Waals surface area contributed by atoms with Gasteiger partial charge in [-0.25, -0.2) is 15.0 Å². The average Bonchev–Trinajstić information content (AvgIpc) is 3.18. The fourth-order valence-electron chi connectivity index (χ4n) is 3.42. The molecule has 0 unspecified atom stereocenters. The number of fused-ring (bicyclic) bond motifs is 1. The number of benzene rings is 1. The number of anilines is 1. The maximum Gasteiger partial charge on any atom is 0.251 e. The molecule has 8 heteroatoms. The van der Waals surface area contributed by atoms with Gasteiger partial charge in [0.15, 0.2) is 0 Å². The molecule has 166 valence electrons. The summed E-state index contributed by atoms with van der Waals surface area (Å²) in [5.74, 6) is 5.92. The number of rotatable bonds is 4. The predicted molar refractivity (Wildman–Crippen MR) is 125 cm³/mol. The highest BCUT2D eigenvalue weighted by Gasteiger charge is 2.14. The van der Waals surface area contributed by atoms with E-state index in [0.717, 1.165) is 27.7 Å². The molecule has 4 aromatic rings. The highest BCUT2D eigenvalue weighted by Crippen LogP contribution is 2.26. The van der Waals surface area contributed by atoms with E-state index in [1.54, 1.807) is 18.2 Å². The Morgan fingerprint density at radius 2 is 1.94 bits per heavy atom. The zero-order valence-electron chi connectivity index (χ0n) is 18.6. The fraction of sp³-hybridized carbons (Fsp3) is 0.200. The maximum atomic E-state index is 13.0. The minimum absolute atomic E-state index is 0.183. The Balaban J connectivity index is 1.61. The standard InChI is InChI=1S/C25H23FN6O/c1-15(2)32-13-20(22-23(27)30-14-31-24(22)32)8-7-18-10-19(6-4-16(18)3)25(33)29-12-17-5-9-21(26)28-11-17/h4-6,9-11,13-15H,12H2,1-3H3,(H,29,33)(H2,27,30,31). The molecule has 0 fully saturated rings. The summed E-state index contributed by atoms with van der Waals surface area (Å²) in [4.78, 5) is 24.7. The van der Waals surface area contributed by atoms with E-state index in [-0.39, 0.29) is 18.5 Å². The zero-order valence-corrected chi connectivity index (χ0v) is 18.6. The van der Waals surface area contributed by atoms with Crippen molar-refractivity contribution < 1.29 is 9.18 Å². The van der Waals surface area contributed by atoms with E-state index in [2.05, 4.69) is 46.0 Å². The van der Waals surface area contributed by atoms with Gasteiger partial charge in [0, 0.05) is 36.1 Å². The van der Waals surface area contributed by atoms with Crippen molar-refractivity contribution in [2.75, 3.05) is 5.73 Å². The summed E-state index contributed by atoms with van der Waals surface area (Å²) in [6.45, 7) is 6.30. The van der Waals surface area contributed by atoms with E-state index in [4.69, 9.17) is 5.73 Å². The van der Waals surface area contributed by atoms with Gasteiger partial charge in [0.05, 0.1) is 10.9 Å². The molecule has 1 amide bonds. The number of carbonyl (C=O) groups is 1. The average molecular weight is 442 g/mol. The van der Waals surface area contributed by atoms with Gasteiger partial charge < -0.3 is 15.6 Å². The number of aromatic nitrogens is 4. The largest absolute Gasteiger partial charge is 0.383 e. The van der Waals surface area contributed by atoms with E-state index in [1.165, 1.54) is 18.6 Å². The van der Waals surface area contributed by atoms with Crippen LogP contribution in [0.25, 0.3) is 11.0 Å². The molecule has 0 aliphatic carbocycles. The Morgan fingerprint density at radius 1 is 1.15 bits per heavy atom. The highest BCUT2D eigenvalue weighted by atomic mass is 19.1. The molecule has 3 heterocycles. The molecule has 0 spiro atoms. The van der Waals surface area contributed by atoms with Gasteiger partial charge in [0.2, 0.25) is 5.95 Å². The summed E-state index contributed by atoms with van der Waals surface area (Å²) >= 11 is 0. The molecule has 0 aliphatic heterocycles. The van der Waals surface area contributed by atoms with Gasteiger partial charge >= 0.3 is 0 Å². The van der Waals surface area contributed by atoms with Crippen LogP contribution in [0.2, 0.25) is 0 Å². The molecule has 3 aromatic heterocycles. The Labute approximate surface area is 190 Å². The van der Waals surface area contributed by atoms with Gasteiger partial charge in [-0.1, -0.05) is 24.0 Å².